The lowest BCUT2D eigenvalue weighted by Gasteiger charge is -2.04. The van der Waals surface area contributed by atoms with Crippen molar-refractivity contribution in [1.82, 2.24) is 0 Å². The molecule has 0 fully saturated rings. The van der Waals surface area contributed by atoms with E-state index in [1.54, 1.807) is 0 Å². The molecule has 0 nitrogen and oxygen atoms in total. The third kappa shape index (κ3) is 3.12. The van der Waals surface area contributed by atoms with Crippen LogP contribution in [0.5, 0.6) is 0 Å². The second-order valence-corrected chi connectivity index (χ2v) is 4.96. The van der Waals surface area contributed by atoms with Gasteiger partial charge in [0.1, 0.15) is 11.6 Å². The highest BCUT2D eigenvalue weighted by Gasteiger charge is 2.07. The van der Waals surface area contributed by atoms with Gasteiger partial charge in [-0.05, 0) is 55.7 Å². The van der Waals surface area contributed by atoms with Crippen LogP contribution in [0.25, 0.3) is 0 Å². The van der Waals surface area contributed by atoms with E-state index < -0.39 is 11.6 Å². The van der Waals surface area contributed by atoms with E-state index in [-0.39, 0.29) is 11.1 Å². The summed E-state index contributed by atoms with van der Waals surface area (Å²) in [6, 6.07) is 6.32. The Balaban J connectivity index is 2.45. The first kappa shape index (κ1) is 14.8. The highest BCUT2D eigenvalue weighted by atomic mass is 19.1. The van der Waals surface area contributed by atoms with Crippen molar-refractivity contribution < 1.29 is 8.78 Å². The summed E-state index contributed by atoms with van der Waals surface area (Å²) in [5.74, 6) is 6.20. The van der Waals surface area contributed by atoms with Gasteiger partial charge in [-0.25, -0.2) is 8.78 Å². The van der Waals surface area contributed by atoms with Crippen LogP contribution in [0.3, 0.4) is 0 Å². The highest BCUT2D eigenvalue weighted by Crippen LogP contribution is 2.16. The van der Waals surface area contributed by atoms with Crippen molar-refractivity contribution in [3.63, 3.8) is 0 Å². The van der Waals surface area contributed by atoms with Gasteiger partial charge in [0.25, 0.3) is 0 Å². The van der Waals surface area contributed by atoms with Crippen LogP contribution >= 0.6 is 0 Å². The number of halogens is 2. The number of benzene rings is 2. The molecule has 2 heteroatoms. The zero-order valence-corrected chi connectivity index (χ0v) is 12.1. The Kier molecular flexibility index (Phi) is 4.10. The number of hydrogen-bond donors (Lipinski definition) is 0. The summed E-state index contributed by atoms with van der Waals surface area (Å²) in [7, 11) is 0. The fourth-order valence-electron chi connectivity index (χ4n) is 2.02. The molecule has 0 amide bonds. The van der Waals surface area contributed by atoms with Gasteiger partial charge in [-0.1, -0.05) is 23.8 Å². The van der Waals surface area contributed by atoms with Gasteiger partial charge in [0.15, 0.2) is 0 Å². The molecule has 2 aromatic carbocycles. The molecular weight excluding hydrogens is 266 g/mol. The lowest BCUT2D eigenvalue weighted by Crippen LogP contribution is -1.92. The number of terminal acetylenes is 1. The number of rotatable bonds is 0. The topological polar surface area (TPSA) is 0 Å². The van der Waals surface area contributed by atoms with Crippen LogP contribution in [-0.2, 0) is 0 Å². The summed E-state index contributed by atoms with van der Waals surface area (Å²) in [5, 5.41) is 0. The molecule has 0 atom stereocenters. The summed E-state index contributed by atoms with van der Waals surface area (Å²) in [6.45, 7) is 5.99. The van der Waals surface area contributed by atoms with Crippen LogP contribution in [0.1, 0.15) is 33.4 Å². The molecule has 0 saturated heterocycles. The SMILES string of the molecule is C#Cc1c(F)cc(C#Cc2cc(C)c(C)cc2C)cc1F. The molecule has 0 N–H and O–H groups in total. The third-order valence-corrected chi connectivity index (χ3v) is 3.37. The smallest absolute Gasteiger partial charge is 0.143 e. The molecule has 0 unspecified atom stereocenters. The minimum Gasteiger partial charge on any atom is -0.205 e. The summed E-state index contributed by atoms with van der Waals surface area (Å²) in [5.41, 5.74) is 4.11. The first-order valence-electron chi connectivity index (χ1n) is 6.48. The van der Waals surface area contributed by atoms with Gasteiger partial charge in [-0.15, -0.1) is 6.42 Å². The molecule has 0 heterocycles. The molecule has 0 aliphatic rings. The van der Waals surface area contributed by atoms with E-state index >= 15 is 0 Å². The molecule has 0 aliphatic heterocycles. The average Bonchev–Trinajstić information content (AvgIpc) is 2.41. The first-order valence-corrected chi connectivity index (χ1v) is 6.48. The molecule has 2 aromatic rings. The van der Waals surface area contributed by atoms with Crippen LogP contribution in [0, 0.1) is 56.6 Å². The largest absolute Gasteiger partial charge is 0.205 e. The Bertz CT molecular complexity index is 789. The predicted octanol–water partition coefficient (Wildman–Crippen LogP) is 4.27. The molecule has 0 aliphatic carbocycles. The molecule has 104 valence electrons. The summed E-state index contributed by atoms with van der Waals surface area (Å²) in [6.07, 6.45) is 5.05. The standard InChI is InChI=1S/C19H14F2/c1-5-17-18(20)10-15(11-19(17)21)6-7-16-9-13(3)12(2)8-14(16)4/h1,8-11H,2-4H3. The van der Waals surface area contributed by atoms with E-state index in [2.05, 4.69) is 11.8 Å². The van der Waals surface area contributed by atoms with Gasteiger partial charge in [-0.2, -0.15) is 0 Å². The van der Waals surface area contributed by atoms with Crippen LogP contribution < -0.4 is 0 Å². The van der Waals surface area contributed by atoms with Crippen LogP contribution in [0.2, 0.25) is 0 Å². The fourth-order valence-corrected chi connectivity index (χ4v) is 2.02. The van der Waals surface area contributed by atoms with Crippen molar-refractivity contribution >= 4 is 0 Å². The Morgan fingerprint density at radius 2 is 1.38 bits per heavy atom. The Morgan fingerprint density at radius 3 is 1.95 bits per heavy atom. The molecule has 0 aromatic heterocycles. The maximum Gasteiger partial charge on any atom is 0.143 e. The van der Waals surface area contributed by atoms with Gasteiger partial charge in [-0.3, -0.25) is 0 Å². The van der Waals surface area contributed by atoms with Gasteiger partial charge < -0.3 is 0 Å². The second-order valence-electron chi connectivity index (χ2n) is 4.96. The summed E-state index contributed by atoms with van der Waals surface area (Å²) in [4.78, 5) is 0. The molecule has 2 rings (SSSR count). The molecule has 0 bridgehead atoms. The first-order chi connectivity index (χ1) is 9.92. The van der Waals surface area contributed by atoms with Gasteiger partial charge in [0.2, 0.25) is 0 Å². The summed E-state index contributed by atoms with van der Waals surface area (Å²) >= 11 is 0. The van der Waals surface area contributed by atoms with E-state index in [0.29, 0.717) is 0 Å². The fraction of sp³-hybridized carbons (Fsp3) is 0.158. The Hall–Kier alpha value is -2.58. The molecule has 0 spiro atoms. The van der Waals surface area contributed by atoms with Crippen molar-refractivity contribution in [3.05, 3.63) is 69.3 Å². The highest BCUT2D eigenvalue weighted by molar-refractivity contribution is 5.50. The quantitative estimate of drug-likeness (QED) is 0.632. The average molecular weight is 280 g/mol. The molecule has 21 heavy (non-hydrogen) atoms. The maximum absolute atomic E-state index is 13.6. The minimum absolute atomic E-state index is 0.265. The number of aryl methyl sites for hydroxylation is 3. The summed E-state index contributed by atoms with van der Waals surface area (Å²) < 4.78 is 27.2. The normalized spacial score (nSPS) is 9.71. The molecule has 0 saturated carbocycles. The zero-order chi connectivity index (χ0) is 15.6. The van der Waals surface area contributed by atoms with Crippen LogP contribution in [-0.4, -0.2) is 0 Å². The van der Waals surface area contributed by atoms with Crippen molar-refractivity contribution in [2.75, 3.05) is 0 Å². The van der Waals surface area contributed by atoms with Crippen molar-refractivity contribution in [2.45, 2.75) is 20.8 Å². The number of hydrogen-bond acceptors (Lipinski definition) is 0. The lowest BCUT2D eigenvalue weighted by atomic mass is 10.0. The Labute approximate surface area is 123 Å². The van der Waals surface area contributed by atoms with E-state index in [1.165, 1.54) is 5.56 Å². The van der Waals surface area contributed by atoms with E-state index in [0.717, 1.165) is 28.8 Å². The van der Waals surface area contributed by atoms with E-state index in [4.69, 9.17) is 6.42 Å². The van der Waals surface area contributed by atoms with Crippen LogP contribution in [0.4, 0.5) is 8.78 Å². The van der Waals surface area contributed by atoms with E-state index in [9.17, 15) is 8.78 Å². The third-order valence-electron chi connectivity index (χ3n) is 3.37. The molecular formula is C19H14F2. The van der Waals surface area contributed by atoms with Crippen molar-refractivity contribution in [2.24, 2.45) is 0 Å². The minimum atomic E-state index is -0.765. The van der Waals surface area contributed by atoms with Gasteiger partial charge in [0.05, 0.1) is 5.56 Å². The van der Waals surface area contributed by atoms with Crippen molar-refractivity contribution in [1.29, 1.82) is 0 Å². The Morgan fingerprint density at radius 1 is 0.810 bits per heavy atom. The monoisotopic (exact) mass is 280 g/mol. The maximum atomic E-state index is 13.6. The van der Waals surface area contributed by atoms with Crippen molar-refractivity contribution in [3.8, 4) is 24.2 Å². The van der Waals surface area contributed by atoms with E-state index in [1.807, 2.05) is 38.8 Å². The second kappa shape index (κ2) is 5.81. The van der Waals surface area contributed by atoms with Gasteiger partial charge in [0, 0.05) is 11.1 Å². The predicted molar refractivity (Wildman–Crippen MR) is 80.9 cm³/mol. The lowest BCUT2D eigenvalue weighted by molar-refractivity contribution is 0.577. The zero-order valence-electron chi connectivity index (χ0n) is 12.1. The molecule has 0 radical (unpaired) electrons. The van der Waals surface area contributed by atoms with Crippen LogP contribution in [0.15, 0.2) is 24.3 Å². The van der Waals surface area contributed by atoms with Gasteiger partial charge >= 0.3 is 0 Å².